The number of carbonyl (C=O) groups excluding carboxylic acids is 1. The number of aliphatic hydroxyl groups is 3. The van der Waals surface area contributed by atoms with Crippen LogP contribution in [0, 0.1) is 50.7 Å². The second-order valence-electron chi connectivity index (χ2n) is 14.2. The van der Waals surface area contributed by atoms with Crippen LogP contribution in [0.2, 0.25) is 0 Å². The molecule has 5 aliphatic carbocycles. The molecule has 4 fully saturated rings. The molecule has 5 heteroatoms. The lowest BCUT2D eigenvalue weighted by Gasteiger charge is -2.71. The maximum atomic E-state index is 13.4. The van der Waals surface area contributed by atoms with E-state index in [2.05, 4.69) is 40.3 Å². The van der Waals surface area contributed by atoms with Crippen molar-refractivity contribution < 1.29 is 24.9 Å². The standard InChI is InChI=1S/C31H48O5/c1-18-10-13-31(26(35)36-7)15-14-29(5)20(24(31)19(18)2)8-9-23-27(3)16-21(33)25(34)28(4,17-32)22(27)11-12-30(23,29)6/h8,19,21-25,32-34H,1,9-17H2,2-7H3. The monoisotopic (exact) mass is 500 g/mol. The summed E-state index contributed by atoms with van der Waals surface area (Å²) in [5.74, 6) is 0.783. The summed E-state index contributed by atoms with van der Waals surface area (Å²) >= 11 is 0. The molecule has 4 saturated carbocycles. The Labute approximate surface area is 217 Å². The number of ether oxygens (including phenoxy) is 1. The van der Waals surface area contributed by atoms with Crippen molar-refractivity contribution in [3.05, 3.63) is 23.8 Å². The Kier molecular flexibility index (Phi) is 6.00. The highest BCUT2D eigenvalue weighted by Crippen LogP contribution is 2.75. The van der Waals surface area contributed by atoms with Crippen molar-refractivity contribution in [2.75, 3.05) is 13.7 Å². The maximum absolute atomic E-state index is 13.4. The Morgan fingerprint density at radius 1 is 1.11 bits per heavy atom. The lowest BCUT2D eigenvalue weighted by atomic mass is 9.33. The summed E-state index contributed by atoms with van der Waals surface area (Å²) in [6.07, 6.45) is 7.67. The minimum atomic E-state index is -0.903. The molecular weight excluding hydrogens is 452 g/mol. The van der Waals surface area contributed by atoms with Crippen molar-refractivity contribution in [3.63, 3.8) is 0 Å². The van der Waals surface area contributed by atoms with Crippen LogP contribution in [0.4, 0.5) is 0 Å². The summed E-state index contributed by atoms with van der Waals surface area (Å²) in [4.78, 5) is 13.4. The molecular formula is C31H48O5. The van der Waals surface area contributed by atoms with Gasteiger partial charge in [0.15, 0.2) is 0 Å². The molecule has 0 aromatic rings. The summed E-state index contributed by atoms with van der Waals surface area (Å²) in [5, 5.41) is 32.4. The average Bonchev–Trinajstić information content (AvgIpc) is 2.84. The number of rotatable bonds is 2. The van der Waals surface area contributed by atoms with Crippen LogP contribution in [0.3, 0.4) is 0 Å². The van der Waals surface area contributed by atoms with Crippen LogP contribution in [-0.4, -0.2) is 47.2 Å². The van der Waals surface area contributed by atoms with E-state index < -0.39 is 23.0 Å². The zero-order valence-electron chi connectivity index (χ0n) is 23.3. The number of allylic oxidation sites excluding steroid dienone is 3. The Bertz CT molecular complexity index is 987. The number of carbonyl (C=O) groups is 1. The van der Waals surface area contributed by atoms with E-state index in [0.717, 1.165) is 44.9 Å². The van der Waals surface area contributed by atoms with E-state index in [4.69, 9.17) is 4.74 Å². The van der Waals surface area contributed by atoms with E-state index in [-0.39, 0.29) is 46.6 Å². The van der Waals surface area contributed by atoms with Crippen molar-refractivity contribution in [2.45, 2.75) is 98.2 Å². The van der Waals surface area contributed by atoms with Crippen LogP contribution in [0.25, 0.3) is 0 Å². The summed E-state index contributed by atoms with van der Waals surface area (Å²) in [6, 6.07) is 0. The first-order chi connectivity index (χ1) is 16.8. The predicted molar refractivity (Wildman–Crippen MR) is 140 cm³/mol. The minimum Gasteiger partial charge on any atom is -0.469 e. The molecule has 3 N–H and O–H groups in total. The second kappa shape index (κ2) is 8.16. The van der Waals surface area contributed by atoms with Gasteiger partial charge >= 0.3 is 5.97 Å². The minimum absolute atomic E-state index is 0.00148. The Balaban J connectivity index is 1.63. The van der Waals surface area contributed by atoms with E-state index in [1.54, 1.807) is 0 Å². The van der Waals surface area contributed by atoms with Gasteiger partial charge in [0.05, 0.1) is 31.3 Å². The van der Waals surface area contributed by atoms with Crippen molar-refractivity contribution in [1.29, 1.82) is 0 Å². The molecule has 0 saturated heterocycles. The van der Waals surface area contributed by atoms with Gasteiger partial charge in [-0.15, -0.1) is 0 Å². The molecule has 0 aromatic heterocycles. The molecule has 202 valence electrons. The quantitative estimate of drug-likeness (QED) is 0.365. The Hall–Kier alpha value is -1.17. The van der Waals surface area contributed by atoms with Gasteiger partial charge in [-0.1, -0.05) is 58.4 Å². The van der Waals surface area contributed by atoms with Gasteiger partial charge in [-0.05, 0) is 85.4 Å². The van der Waals surface area contributed by atoms with E-state index >= 15 is 0 Å². The topological polar surface area (TPSA) is 87.0 Å². The zero-order chi connectivity index (χ0) is 26.5. The lowest BCUT2D eigenvalue weighted by Crippen LogP contribution is -2.68. The molecule has 0 spiro atoms. The molecule has 0 bridgehead atoms. The van der Waals surface area contributed by atoms with Gasteiger partial charge in [-0.25, -0.2) is 0 Å². The fraction of sp³-hybridized carbons (Fsp3) is 0.839. The average molecular weight is 501 g/mol. The lowest BCUT2D eigenvalue weighted by molar-refractivity contribution is -0.243. The highest BCUT2D eigenvalue weighted by Gasteiger charge is 2.70. The molecule has 5 nitrogen and oxygen atoms in total. The normalized spacial score (nSPS) is 54.4. The number of hydrogen-bond acceptors (Lipinski definition) is 5. The molecule has 11 atom stereocenters. The fourth-order valence-electron chi connectivity index (χ4n) is 10.9. The number of hydrogen-bond donors (Lipinski definition) is 3. The molecule has 0 amide bonds. The molecule has 36 heavy (non-hydrogen) atoms. The van der Waals surface area contributed by atoms with E-state index in [9.17, 15) is 20.1 Å². The fourth-order valence-corrected chi connectivity index (χ4v) is 10.9. The van der Waals surface area contributed by atoms with E-state index in [1.807, 2.05) is 6.92 Å². The first-order valence-electron chi connectivity index (χ1n) is 14.2. The molecule has 0 aromatic carbocycles. The number of methoxy groups -OCH3 is 1. The third-order valence-electron chi connectivity index (χ3n) is 13.2. The van der Waals surface area contributed by atoms with E-state index in [1.165, 1.54) is 18.3 Å². The molecule has 0 aliphatic heterocycles. The van der Waals surface area contributed by atoms with Gasteiger partial charge in [0.25, 0.3) is 0 Å². The van der Waals surface area contributed by atoms with E-state index in [0.29, 0.717) is 12.3 Å². The van der Waals surface area contributed by atoms with Crippen LogP contribution < -0.4 is 0 Å². The van der Waals surface area contributed by atoms with Crippen LogP contribution in [0.15, 0.2) is 23.8 Å². The molecule has 5 aliphatic rings. The Morgan fingerprint density at radius 2 is 1.81 bits per heavy atom. The molecule has 5 rings (SSSR count). The SMILES string of the molecule is C=C1CCC2(C(=O)OC)CCC3(C)C(=CCC4C5(C)CC(O)C(O)C(C)(CO)C5CCC43C)C2C1C. The largest absolute Gasteiger partial charge is 0.469 e. The van der Waals surface area contributed by atoms with Crippen LogP contribution >= 0.6 is 0 Å². The highest BCUT2D eigenvalue weighted by molar-refractivity contribution is 5.79. The molecule has 11 unspecified atom stereocenters. The van der Waals surface area contributed by atoms with Gasteiger partial charge < -0.3 is 20.1 Å². The predicted octanol–water partition coefficient (Wildman–Crippen LogP) is 5.04. The van der Waals surface area contributed by atoms with Gasteiger partial charge in [0.1, 0.15) is 0 Å². The maximum Gasteiger partial charge on any atom is 0.312 e. The van der Waals surface area contributed by atoms with Crippen LogP contribution in [0.1, 0.15) is 86.0 Å². The first-order valence-corrected chi connectivity index (χ1v) is 14.2. The van der Waals surface area contributed by atoms with Crippen molar-refractivity contribution in [3.8, 4) is 0 Å². The summed E-state index contributed by atoms with van der Waals surface area (Å²) in [5.41, 5.74) is 1.26. The summed E-state index contributed by atoms with van der Waals surface area (Å²) < 4.78 is 5.45. The number of fused-ring (bicyclic) bond motifs is 7. The molecule has 0 radical (unpaired) electrons. The second-order valence-corrected chi connectivity index (χ2v) is 14.2. The third kappa shape index (κ3) is 2.97. The highest BCUT2D eigenvalue weighted by atomic mass is 16.5. The van der Waals surface area contributed by atoms with Crippen molar-refractivity contribution in [1.82, 2.24) is 0 Å². The summed E-state index contributed by atoms with van der Waals surface area (Å²) in [7, 11) is 1.53. The van der Waals surface area contributed by atoms with Crippen molar-refractivity contribution >= 4 is 5.97 Å². The number of aliphatic hydroxyl groups excluding tert-OH is 3. The van der Waals surface area contributed by atoms with Crippen LogP contribution in [0.5, 0.6) is 0 Å². The molecule has 0 heterocycles. The van der Waals surface area contributed by atoms with Gasteiger partial charge in [0, 0.05) is 11.3 Å². The first kappa shape index (κ1) is 26.4. The zero-order valence-corrected chi connectivity index (χ0v) is 23.3. The third-order valence-corrected chi connectivity index (χ3v) is 13.2. The van der Waals surface area contributed by atoms with Gasteiger partial charge in [0.2, 0.25) is 0 Å². The van der Waals surface area contributed by atoms with Gasteiger partial charge in [-0.3, -0.25) is 4.79 Å². The summed E-state index contributed by atoms with van der Waals surface area (Å²) in [6.45, 7) is 15.8. The Morgan fingerprint density at radius 3 is 2.44 bits per heavy atom. The number of esters is 1. The van der Waals surface area contributed by atoms with Crippen LogP contribution in [-0.2, 0) is 9.53 Å². The van der Waals surface area contributed by atoms with Crippen molar-refractivity contribution in [2.24, 2.45) is 50.7 Å². The van der Waals surface area contributed by atoms with Gasteiger partial charge in [-0.2, -0.15) is 0 Å². The smallest absolute Gasteiger partial charge is 0.312 e.